The second-order valence-corrected chi connectivity index (χ2v) is 8.62. The summed E-state index contributed by atoms with van der Waals surface area (Å²) in [5.74, 6) is -0.0824. The molecule has 1 aliphatic rings. The van der Waals surface area contributed by atoms with Gasteiger partial charge >= 0.3 is 0 Å². The van der Waals surface area contributed by atoms with E-state index in [4.69, 9.17) is 0 Å². The zero-order chi connectivity index (χ0) is 22.5. The fourth-order valence-electron chi connectivity index (χ4n) is 4.34. The Balaban J connectivity index is 1.52. The van der Waals surface area contributed by atoms with E-state index in [0.717, 1.165) is 38.9 Å². The quantitative estimate of drug-likeness (QED) is 0.532. The topological polar surface area (TPSA) is 58.4 Å². The molecule has 1 aromatic heterocycles. The lowest BCUT2D eigenvalue weighted by atomic mass is 10.1. The van der Waals surface area contributed by atoms with Gasteiger partial charge in [-0.05, 0) is 30.5 Å². The lowest BCUT2D eigenvalue weighted by Crippen LogP contribution is -2.48. The summed E-state index contributed by atoms with van der Waals surface area (Å²) in [5, 5.41) is 5.76. The number of nitrogens with zero attached hydrogens (tertiary/aromatic N) is 4. The van der Waals surface area contributed by atoms with E-state index in [2.05, 4.69) is 48.1 Å². The summed E-state index contributed by atoms with van der Waals surface area (Å²) in [7, 11) is 0. The van der Waals surface area contributed by atoms with Crippen molar-refractivity contribution in [2.45, 2.75) is 46.2 Å². The number of benzene rings is 2. The average Bonchev–Trinajstić information content (AvgIpc) is 2.82. The number of amides is 1. The fraction of sp³-hybridized carbons (Fsp3) is 0.423. The maximum Gasteiger partial charge on any atom is 0.275 e. The Morgan fingerprint density at radius 2 is 1.62 bits per heavy atom. The van der Waals surface area contributed by atoms with Crippen LogP contribution in [0.15, 0.2) is 53.3 Å². The molecule has 0 saturated carbocycles. The van der Waals surface area contributed by atoms with Crippen molar-refractivity contribution in [2.24, 2.45) is 0 Å². The molecule has 0 N–H and O–H groups in total. The lowest BCUT2D eigenvalue weighted by molar-refractivity contribution is 0.0622. The predicted octanol–water partition coefficient (Wildman–Crippen LogP) is 3.85. The van der Waals surface area contributed by atoms with E-state index in [1.54, 1.807) is 6.07 Å². The van der Waals surface area contributed by atoms with Crippen LogP contribution in [0, 0.1) is 6.92 Å². The second kappa shape index (κ2) is 10.1. The summed E-state index contributed by atoms with van der Waals surface area (Å²) >= 11 is 0. The summed E-state index contributed by atoms with van der Waals surface area (Å²) in [5.41, 5.74) is 2.91. The minimum atomic E-state index is -0.115. The molecule has 0 radical (unpaired) electrons. The number of aromatic nitrogens is 2. The highest BCUT2D eigenvalue weighted by Crippen LogP contribution is 2.18. The Morgan fingerprint density at radius 3 is 2.34 bits per heavy atom. The molecule has 0 aliphatic carbocycles. The van der Waals surface area contributed by atoms with Crippen molar-refractivity contribution < 1.29 is 4.79 Å². The highest BCUT2D eigenvalue weighted by Gasteiger charge is 2.26. The van der Waals surface area contributed by atoms with E-state index >= 15 is 0 Å². The summed E-state index contributed by atoms with van der Waals surface area (Å²) in [6.45, 7) is 8.69. The van der Waals surface area contributed by atoms with E-state index < -0.39 is 0 Å². The Hall–Kier alpha value is -2.99. The molecular formula is C26H32N4O2. The summed E-state index contributed by atoms with van der Waals surface area (Å²) in [6.07, 6.45) is 2.99. The SMILES string of the molecule is CCCCCn1nc(C(=O)N2CCN(Cc3ccccc3C)CC2)c2ccccc2c1=O. The van der Waals surface area contributed by atoms with E-state index in [1.165, 1.54) is 15.8 Å². The first kappa shape index (κ1) is 22.2. The fourth-order valence-corrected chi connectivity index (χ4v) is 4.34. The van der Waals surface area contributed by atoms with Crippen molar-refractivity contribution >= 4 is 16.7 Å². The maximum absolute atomic E-state index is 13.5. The van der Waals surface area contributed by atoms with Gasteiger partial charge in [-0.1, -0.05) is 62.2 Å². The molecule has 32 heavy (non-hydrogen) atoms. The molecular weight excluding hydrogens is 400 g/mol. The van der Waals surface area contributed by atoms with Crippen LogP contribution in [0.25, 0.3) is 10.8 Å². The first-order valence-electron chi connectivity index (χ1n) is 11.6. The van der Waals surface area contributed by atoms with Gasteiger partial charge < -0.3 is 4.90 Å². The zero-order valence-corrected chi connectivity index (χ0v) is 19.1. The van der Waals surface area contributed by atoms with E-state index in [1.807, 2.05) is 23.1 Å². The van der Waals surface area contributed by atoms with Crippen LogP contribution < -0.4 is 5.56 Å². The van der Waals surface area contributed by atoms with Crippen molar-refractivity contribution in [3.05, 3.63) is 75.7 Å². The zero-order valence-electron chi connectivity index (χ0n) is 19.1. The molecule has 0 bridgehead atoms. The van der Waals surface area contributed by atoms with Gasteiger partial charge in [-0.25, -0.2) is 4.68 Å². The first-order chi connectivity index (χ1) is 15.6. The number of fused-ring (bicyclic) bond motifs is 1. The number of rotatable bonds is 7. The highest BCUT2D eigenvalue weighted by atomic mass is 16.2. The van der Waals surface area contributed by atoms with Gasteiger partial charge in [0.15, 0.2) is 5.69 Å². The van der Waals surface area contributed by atoms with Gasteiger partial charge in [-0.15, -0.1) is 0 Å². The monoisotopic (exact) mass is 432 g/mol. The molecule has 4 rings (SSSR count). The number of aryl methyl sites for hydroxylation is 2. The molecule has 168 valence electrons. The molecule has 1 fully saturated rings. The predicted molar refractivity (Wildman–Crippen MR) is 128 cm³/mol. The number of carbonyl (C=O) groups is 1. The van der Waals surface area contributed by atoms with Crippen LogP contribution in [-0.4, -0.2) is 51.7 Å². The van der Waals surface area contributed by atoms with E-state index in [0.29, 0.717) is 36.1 Å². The van der Waals surface area contributed by atoms with Crippen LogP contribution in [-0.2, 0) is 13.1 Å². The minimum absolute atomic E-state index is 0.0824. The molecule has 6 nitrogen and oxygen atoms in total. The van der Waals surface area contributed by atoms with Gasteiger partial charge in [0.1, 0.15) is 0 Å². The maximum atomic E-state index is 13.5. The van der Waals surface area contributed by atoms with Crippen molar-refractivity contribution in [1.82, 2.24) is 19.6 Å². The lowest BCUT2D eigenvalue weighted by Gasteiger charge is -2.35. The van der Waals surface area contributed by atoms with Crippen molar-refractivity contribution in [1.29, 1.82) is 0 Å². The summed E-state index contributed by atoms with van der Waals surface area (Å²) in [4.78, 5) is 30.6. The van der Waals surface area contributed by atoms with Gasteiger partial charge in [0.25, 0.3) is 11.5 Å². The Labute approximate surface area is 189 Å². The Morgan fingerprint density at radius 1 is 0.938 bits per heavy atom. The Kier molecular flexibility index (Phi) is 7.00. The van der Waals surface area contributed by atoms with Gasteiger partial charge in [0.2, 0.25) is 0 Å². The normalized spacial score (nSPS) is 14.8. The molecule has 1 amide bonds. The van der Waals surface area contributed by atoms with Gasteiger partial charge in [0.05, 0.1) is 5.39 Å². The molecule has 0 unspecified atom stereocenters. The van der Waals surface area contributed by atoms with Crippen LogP contribution in [0.3, 0.4) is 0 Å². The number of hydrogen-bond donors (Lipinski definition) is 0. The second-order valence-electron chi connectivity index (χ2n) is 8.62. The first-order valence-corrected chi connectivity index (χ1v) is 11.6. The smallest absolute Gasteiger partial charge is 0.275 e. The molecule has 3 aromatic rings. The third-order valence-electron chi connectivity index (χ3n) is 6.36. The third kappa shape index (κ3) is 4.75. The number of hydrogen-bond acceptors (Lipinski definition) is 4. The van der Waals surface area contributed by atoms with Gasteiger partial charge in [-0.3, -0.25) is 14.5 Å². The number of carbonyl (C=O) groups excluding carboxylic acids is 1. The van der Waals surface area contributed by atoms with Crippen LogP contribution >= 0.6 is 0 Å². The molecule has 0 atom stereocenters. The van der Waals surface area contributed by atoms with Crippen LogP contribution in [0.5, 0.6) is 0 Å². The molecule has 1 aliphatic heterocycles. The van der Waals surface area contributed by atoms with Crippen LogP contribution in [0.4, 0.5) is 0 Å². The minimum Gasteiger partial charge on any atom is -0.335 e. The largest absolute Gasteiger partial charge is 0.335 e. The number of piperazine rings is 1. The van der Waals surface area contributed by atoms with Crippen molar-refractivity contribution in [3.8, 4) is 0 Å². The third-order valence-corrected chi connectivity index (χ3v) is 6.36. The van der Waals surface area contributed by atoms with Crippen molar-refractivity contribution in [3.63, 3.8) is 0 Å². The van der Waals surface area contributed by atoms with Crippen molar-refractivity contribution in [2.75, 3.05) is 26.2 Å². The van der Waals surface area contributed by atoms with Gasteiger partial charge in [0, 0.05) is 44.7 Å². The van der Waals surface area contributed by atoms with Gasteiger partial charge in [-0.2, -0.15) is 5.10 Å². The van der Waals surface area contributed by atoms with Crippen LogP contribution in [0.1, 0.15) is 47.8 Å². The summed E-state index contributed by atoms with van der Waals surface area (Å²) in [6, 6.07) is 15.8. The molecule has 2 aromatic carbocycles. The Bertz CT molecular complexity index is 1150. The molecule has 6 heteroatoms. The molecule has 1 saturated heterocycles. The standard InChI is InChI=1S/C26H32N4O2/c1-3-4-9-14-30-25(31)23-13-8-7-12-22(23)24(27-30)26(32)29-17-15-28(16-18-29)19-21-11-6-5-10-20(21)2/h5-8,10-13H,3-4,9,14-19H2,1-2H3. The number of unbranched alkanes of at least 4 members (excludes halogenated alkanes) is 2. The van der Waals surface area contributed by atoms with Crippen LogP contribution in [0.2, 0.25) is 0 Å². The molecule has 0 spiro atoms. The summed E-state index contributed by atoms with van der Waals surface area (Å²) < 4.78 is 1.49. The van der Waals surface area contributed by atoms with E-state index in [9.17, 15) is 9.59 Å². The average molecular weight is 433 g/mol. The molecule has 2 heterocycles. The highest BCUT2D eigenvalue weighted by molar-refractivity contribution is 6.04. The van der Waals surface area contributed by atoms with E-state index in [-0.39, 0.29) is 11.5 Å².